The van der Waals surface area contributed by atoms with Gasteiger partial charge in [-0.05, 0) is 18.3 Å². The zero-order valence-electron chi connectivity index (χ0n) is 12.7. The number of likely N-dealkylation sites (N-methyl/N-ethyl adjacent to an activating group) is 1. The molecule has 1 aliphatic heterocycles. The topological polar surface area (TPSA) is 35.6 Å². The van der Waals surface area contributed by atoms with Crippen LogP contribution >= 0.6 is 0 Å². The van der Waals surface area contributed by atoms with Crippen LogP contribution in [0.5, 0.6) is 0 Å². The molecular weight excluding hydrogens is 238 g/mol. The highest BCUT2D eigenvalue weighted by atomic mass is 16.2. The van der Waals surface area contributed by atoms with Crippen molar-refractivity contribution in [1.29, 1.82) is 0 Å². The zero-order chi connectivity index (χ0) is 13.9. The van der Waals surface area contributed by atoms with E-state index in [1.165, 1.54) is 12.8 Å². The minimum atomic E-state index is 0.195. The van der Waals surface area contributed by atoms with Crippen LogP contribution in [0.3, 0.4) is 0 Å². The van der Waals surface area contributed by atoms with Crippen molar-refractivity contribution in [3.05, 3.63) is 0 Å². The van der Waals surface area contributed by atoms with E-state index in [-0.39, 0.29) is 11.3 Å². The van der Waals surface area contributed by atoms with Gasteiger partial charge in [0.1, 0.15) is 0 Å². The lowest BCUT2D eigenvalue weighted by atomic mass is 9.81. The Hall–Kier alpha value is -0.610. The van der Waals surface area contributed by atoms with E-state index in [2.05, 4.69) is 24.1 Å². The van der Waals surface area contributed by atoms with Crippen LogP contribution in [0.1, 0.15) is 33.1 Å². The molecule has 0 aromatic heterocycles. The van der Waals surface area contributed by atoms with Crippen LogP contribution in [-0.4, -0.2) is 62.0 Å². The van der Waals surface area contributed by atoms with Gasteiger partial charge in [-0.15, -0.1) is 0 Å². The molecule has 1 saturated heterocycles. The van der Waals surface area contributed by atoms with Gasteiger partial charge in [0.25, 0.3) is 0 Å². The molecule has 0 aromatic carbocycles. The van der Waals surface area contributed by atoms with Crippen LogP contribution in [0, 0.1) is 11.3 Å². The smallest absolute Gasteiger partial charge is 0.226 e. The predicted octanol–water partition coefficient (Wildman–Crippen LogP) is 1.18. The van der Waals surface area contributed by atoms with Gasteiger partial charge in [-0.1, -0.05) is 20.3 Å². The van der Waals surface area contributed by atoms with Gasteiger partial charge in [-0.2, -0.15) is 0 Å². The molecule has 1 aliphatic carbocycles. The number of rotatable bonds is 4. The van der Waals surface area contributed by atoms with Crippen molar-refractivity contribution in [1.82, 2.24) is 15.1 Å². The Bertz CT molecular complexity index is 311. The third kappa shape index (κ3) is 3.69. The van der Waals surface area contributed by atoms with Crippen LogP contribution in [0.15, 0.2) is 0 Å². The molecule has 19 heavy (non-hydrogen) atoms. The summed E-state index contributed by atoms with van der Waals surface area (Å²) >= 11 is 0. The monoisotopic (exact) mass is 267 g/mol. The molecule has 2 fully saturated rings. The molecule has 4 heteroatoms. The third-order valence-electron chi connectivity index (χ3n) is 4.89. The maximum atomic E-state index is 12.5. The molecule has 2 aliphatic rings. The van der Waals surface area contributed by atoms with E-state index < -0.39 is 0 Å². The van der Waals surface area contributed by atoms with Gasteiger partial charge in [-0.3, -0.25) is 9.69 Å². The number of nitrogens with one attached hydrogen (secondary N) is 1. The summed E-state index contributed by atoms with van der Waals surface area (Å²) in [6.07, 6.45) is 3.47. The minimum Gasteiger partial charge on any atom is -0.344 e. The molecule has 4 nitrogen and oxygen atoms in total. The first-order chi connectivity index (χ1) is 9.00. The number of hydrogen-bond acceptors (Lipinski definition) is 3. The molecule has 1 unspecified atom stereocenters. The van der Waals surface area contributed by atoms with Crippen molar-refractivity contribution < 1.29 is 4.79 Å². The fraction of sp³-hybridized carbons (Fsp3) is 0.933. The molecule has 0 spiro atoms. The summed E-state index contributed by atoms with van der Waals surface area (Å²) in [4.78, 5) is 16.9. The fourth-order valence-corrected chi connectivity index (χ4v) is 3.39. The quantitative estimate of drug-likeness (QED) is 0.831. The first-order valence-electron chi connectivity index (χ1n) is 7.69. The summed E-state index contributed by atoms with van der Waals surface area (Å²) in [6, 6.07) is 0. The largest absolute Gasteiger partial charge is 0.344 e. The SMILES string of the molecule is CN(CCN1CCNCC1)C(=O)C1CCCC1(C)C. The molecule has 2 rings (SSSR count). The van der Waals surface area contributed by atoms with E-state index in [1.807, 2.05) is 11.9 Å². The van der Waals surface area contributed by atoms with E-state index in [9.17, 15) is 4.79 Å². The van der Waals surface area contributed by atoms with E-state index >= 15 is 0 Å². The van der Waals surface area contributed by atoms with Crippen molar-refractivity contribution in [2.75, 3.05) is 46.3 Å². The molecule has 0 aromatic rings. The Morgan fingerprint density at radius 1 is 1.37 bits per heavy atom. The highest BCUT2D eigenvalue weighted by molar-refractivity contribution is 5.79. The Morgan fingerprint density at radius 3 is 2.63 bits per heavy atom. The number of nitrogens with zero attached hydrogens (tertiary/aromatic N) is 2. The van der Waals surface area contributed by atoms with Gasteiger partial charge in [0.2, 0.25) is 5.91 Å². The lowest BCUT2D eigenvalue weighted by molar-refractivity contribution is -0.137. The van der Waals surface area contributed by atoms with E-state index in [4.69, 9.17) is 0 Å². The summed E-state index contributed by atoms with van der Waals surface area (Å²) in [6.45, 7) is 10.7. The number of hydrogen-bond donors (Lipinski definition) is 1. The molecule has 1 heterocycles. The van der Waals surface area contributed by atoms with E-state index in [1.54, 1.807) is 0 Å². The van der Waals surface area contributed by atoms with Gasteiger partial charge in [0, 0.05) is 52.2 Å². The maximum absolute atomic E-state index is 12.5. The number of amides is 1. The summed E-state index contributed by atoms with van der Waals surface area (Å²) < 4.78 is 0. The second-order valence-corrected chi connectivity index (χ2v) is 6.78. The first kappa shape index (κ1) is 14.8. The molecule has 1 saturated carbocycles. The van der Waals surface area contributed by atoms with Crippen molar-refractivity contribution in [3.63, 3.8) is 0 Å². The molecule has 1 amide bonds. The molecule has 110 valence electrons. The summed E-state index contributed by atoms with van der Waals surface area (Å²) in [5.41, 5.74) is 0.195. The van der Waals surface area contributed by atoms with Crippen LogP contribution in [0.25, 0.3) is 0 Å². The highest BCUT2D eigenvalue weighted by Crippen LogP contribution is 2.43. The normalized spacial score (nSPS) is 27.4. The number of piperazine rings is 1. The average Bonchev–Trinajstić information content (AvgIpc) is 2.76. The van der Waals surface area contributed by atoms with Gasteiger partial charge in [0.05, 0.1) is 0 Å². The molecular formula is C15H29N3O. The van der Waals surface area contributed by atoms with Crippen molar-refractivity contribution in [2.45, 2.75) is 33.1 Å². The Kier molecular flexibility index (Phi) is 4.85. The van der Waals surface area contributed by atoms with Crippen molar-refractivity contribution in [3.8, 4) is 0 Å². The summed E-state index contributed by atoms with van der Waals surface area (Å²) in [5, 5.41) is 3.36. The fourth-order valence-electron chi connectivity index (χ4n) is 3.39. The molecule has 0 bridgehead atoms. The van der Waals surface area contributed by atoms with Crippen LogP contribution in [0.4, 0.5) is 0 Å². The first-order valence-corrected chi connectivity index (χ1v) is 7.69. The third-order valence-corrected chi connectivity index (χ3v) is 4.89. The van der Waals surface area contributed by atoms with Gasteiger partial charge < -0.3 is 10.2 Å². The van der Waals surface area contributed by atoms with Crippen molar-refractivity contribution >= 4 is 5.91 Å². The molecule has 1 N–H and O–H groups in total. The van der Waals surface area contributed by atoms with Crippen LogP contribution in [0.2, 0.25) is 0 Å². The summed E-state index contributed by atoms with van der Waals surface area (Å²) in [5.74, 6) is 0.596. The van der Waals surface area contributed by atoms with E-state index in [0.717, 1.165) is 45.7 Å². The second-order valence-electron chi connectivity index (χ2n) is 6.78. The number of carbonyl (C=O) groups excluding carboxylic acids is 1. The van der Waals surface area contributed by atoms with Gasteiger partial charge in [0.15, 0.2) is 0 Å². The molecule has 0 radical (unpaired) electrons. The van der Waals surface area contributed by atoms with Gasteiger partial charge in [-0.25, -0.2) is 0 Å². The van der Waals surface area contributed by atoms with E-state index in [0.29, 0.717) is 5.91 Å². The maximum Gasteiger partial charge on any atom is 0.226 e. The second kappa shape index (κ2) is 6.23. The van der Waals surface area contributed by atoms with Gasteiger partial charge >= 0.3 is 0 Å². The highest BCUT2D eigenvalue weighted by Gasteiger charge is 2.40. The number of carbonyl (C=O) groups is 1. The zero-order valence-corrected chi connectivity index (χ0v) is 12.7. The summed E-state index contributed by atoms with van der Waals surface area (Å²) in [7, 11) is 1.97. The Morgan fingerprint density at radius 2 is 2.05 bits per heavy atom. The molecule has 1 atom stereocenters. The Balaban J connectivity index is 1.78. The minimum absolute atomic E-state index is 0.195. The lowest BCUT2D eigenvalue weighted by Gasteiger charge is -2.32. The predicted molar refractivity (Wildman–Crippen MR) is 78.1 cm³/mol. The standard InChI is InChI=1S/C15H29N3O/c1-15(2)6-4-5-13(15)14(19)17(3)11-12-18-9-7-16-8-10-18/h13,16H,4-12H2,1-3H3. The van der Waals surface area contributed by atoms with Crippen molar-refractivity contribution in [2.24, 2.45) is 11.3 Å². The lowest BCUT2D eigenvalue weighted by Crippen LogP contribution is -2.47. The van der Waals surface area contributed by atoms with Crippen LogP contribution in [-0.2, 0) is 4.79 Å². The average molecular weight is 267 g/mol. The van der Waals surface area contributed by atoms with Crippen LogP contribution < -0.4 is 5.32 Å². The Labute approximate surface area is 117 Å².